The molecule has 1 fully saturated rings. The van der Waals surface area contributed by atoms with Crippen molar-refractivity contribution in [2.45, 2.75) is 31.8 Å². The van der Waals surface area contributed by atoms with Gasteiger partial charge in [-0.3, -0.25) is 4.79 Å². The van der Waals surface area contributed by atoms with Crippen LogP contribution in [0.1, 0.15) is 24.8 Å². The standard InChI is InChI=1S/C17H26N4O2/c1-21(13-14-5-3-2-4-6-14)17(23)19-12-9-16(22)20-15-7-10-18-11-8-15/h2-6,15,18H,7-13H2,1H3,(H,19,23)(H,20,22). The summed E-state index contributed by atoms with van der Waals surface area (Å²) in [6, 6.07) is 9.92. The molecule has 126 valence electrons. The first kappa shape index (κ1) is 17.3. The minimum Gasteiger partial charge on any atom is -0.353 e. The van der Waals surface area contributed by atoms with Crippen molar-refractivity contribution < 1.29 is 9.59 Å². The molecule has 6 heteroatoms. The fraction of sp³-hybridized carbons (Fsp3) is 0.529. The number of hydrogen-bond acceptors (Lipinski definition) is 3. The molecule has 0 atom stereocenters. The van der Waals surface area contributed by atoms with Gasteiger partial charge in [-0.05, 0) is 31.5 Å². The normalized spacial score (nSPS) is 15.0. The fourth-order valence-corrected chi connectivity index (χ4v) is 2.61. The Morgan fingerprint density at radius 1 is 1.22 bits per heavy atom. The molecule has 3 N–H and O–H groups in total. The van der Waals surface area contributed by atoms with Crippen molar-refractivity contribution in [2.75, 3.05) is 26.7 Å². The maximum Gasteiger partial charge on any atom is 0.317 e. The molecule has 0 saturated carbocycles. The Morgan fingerprint density at radius 2 is 1.91 bits per heavy atom. The lowest BCUT2D eigenvalue weighted by molar-refractivity contribution is -0.121. The maximum absolute atomic E-state index is 12.0. The van der Waals surface area contributed by atoms with Gasteiger partial charge >= 0.3 is 6.03 Å². The topological polar surface area (TPSA) is 73.5 Å². The molecule has 6 nitrogen and oxygen atoms in total. The van der Waals surface area contributed by atoms with E-state index < -0.39 is 0 Å². The van der Waals surface area contributed by atoms with E-state index in [1.165, 1.54) is 0 Å². The van der Waals surface area contributed by atoms with Crippen LogP contribution < -0.4 is 16.0 Å². The molecule has 1 aromatic rings. The smallest absolute Gasteiger partial charge is 0.317 e. The number of urea groups is 1. The quantitative estimate of drug-likeness (QED) is 0.735. The molecule has 1 saturated heterocycles. The van der Waals surface area contributed by atoms with Crippen LogP contribution in [0.3, 0.4) is 0 Å². The third-order valence-electron chi connectivity index (χ3n) is 3.94. The van der Waals surface area contributed by atoms with Gasteiger partial charge in [-0.25, -0.2) is 4.79 Å². The minimum absolute atomic E-state index is 0.00270. The van der Waals surface area contributed by atoms with Gasteiger partial charge in [0.2, 0.25) is 5.91 Å². The third kappa shape index (κ3) is 6.28. The van der Waals surface area contributed by atoms with E-state index in [0.717, 1.165) is 31.5 Å². The van der Waals surface area contributed by atoms with Gasteiger partial charge in [-0.1, -0.05) is 30.3 Å². The Labute approximate surface area is 137 Å². The predicted molar refractivity (Wildman–Crippen MR) is 90.0 cm³/mol. The molecule has 0 spiro atoms. The molecule has 0 aromatic heterocycles. The van der Waals surface area contributed by atoms with Crippen molar-refractivity contribution in [3.05, 3.63) is 35.9 Å². The van der Waals surface area contributed by atoms with Crippen LogP contribution in [0.5, 0.6) is 0 Å². The molecule has 0 aliphatic carbocycles. The zero-order chi connectivity index (χ0) is 16.5. The van der Waals surface area contributed by atoms with Crippen LogP contribution in [0.2, 0.25) is 0 Å². The average molecular weight is 318 g/mol. The molecule has 1 aliphatic rings. The molecule has 1 aromatic carbocycles. The predicted octanol–water partition coefficient (Wildman–Crippen LogP) is 1.09. The van der Waals surface area contributed by atoms with Crippen molar-refractivity contribution in [3.8, 4) is 0 Å². The summed E-state index contributed by atoms with van der Waals surface area (Å²) in [6.07, 6.45) is 2.25. The third-order valence-corrected chi connectivity index (χ3v) is 3.94. The first-order valence-corrected chi connectivity index (χ1v) is 8.18. The van der Waals surface area contributed by atoms with Crippen LogP contribution in [0, 0.1) is 0 Å². The summed E-state index contributed by atoms with van der Waals surface area (Å²) in [5.74, 6) is 0.00270. The largest absolute Gasteiger partial charge is 0.353 e. The lowest BCUT2D eigenvalue weighted by atomic mass is 10.1. The van der Waals surface area contributed by atoms with Gasteiger partial charge in [-0.15, -0.1) is 0 Å². The van der Waals surface area contributed by atoms with E-state index in [9.17, 15) is 9.59 Å². The van der Waals surface area contributed by atoms with E-state index in [-0.39, 0.29) is 18.0 Å². The number of carbonyl (C=O) groups excluding carboxylic acids is 2. The number of piperidine rings is 1. The van der Waals surface area contributed by atoms with Gasteiger partial charge in [0.15, 0.2) is 0 Å². The van der Waals surface area contributed by atoms with E-state index in [1.807, 2.05) is 30.3 Å². The monoisotopic (exact) mass is 318 g/mol. The van der Waals surface area contributed by atoms with Gasteiger partial charge < -0.3 is 20.9 Å². The van der Waals surface area contributed by atoms with Crippen LogP contribution in [0.25, 0.3) is 0 Å². The van der Waals surface area contributed by atoms with Crippen LogP contribution in [-0.4, -0.2) is 49.6 Å². The fourth-order valence-electron chi connectivity index (χ4n) is 2.61. The van der Waals surface area contributed by atoms with Gasteiger partial charge in [0.1, 0.15) is 0 Å². The van der Waals surface area contributed by atoms with Crippen molar-refractivity contribution in [2.24, 2.45) is 0 Å². The Bertz CT molecular complexity index is 501. The lowest BCUT2D eigenvalue weighted by Crippen LogP contribution is -2.44. The number of hydrogen-bond donors (Lipinski definition) is 3. The van der Waals surface area contributed by atoms with Gasteiger partial charge in [0, 0.05) is 32.6 Å². The van der Waals surface area contributed by atoms with E-state index in [1.54, 1.807) is 11.9 Å². The van der Waals surface area contributed by atoms with E-state index >= 15 is 0 Å². The second-order valence-corrected chi connectivity index (χ2v) is 5.92. The van der Waals surface area contributed by atoms with E-state index in [2.05, 4.69) is 16.0 Å². The molecule has 0 bridgehead atoms. The Hall–Kier alpha value is -2.08. The van der Waals surface area contributed by atoms with Crippen LogP contribution in [-0.2, 0) is 11.3 Å². The van der Waals surface area contributed by atoms with E-state index in [0.29, 0.717) is 19.5 Å². The summed E-state index contributed by atoms with van der Waals surface area (Å²) in [7, 11) is 1.75. The van der Waals surface area contributed by atoms with Crippen molar-refractivity contribution in [3.63, 3.8) is 0 Å². The maximum atomic E-state index is 12.0. The number of nitrogens with zero attached hydrogens (tertiary/aromatic N) is 1. The molecule has 1 aliphatic heterocycles. The summed E-state index contributed by atoms with van der Waals surface area (Å²) >= 11 is 0. The summed E-state index contributed by atoms with van der Waals surface area (Å²) in [5.41, 5.74) is 1.08. The summed E-state index contributed by atoms with van der Waals surface area (Å²) in [6.45, 7) is 2.81. The Balaban J connectivity index is 1.62. The zero-order valence-electron chi connectivity index (χ0n) is 13.7. The van der Waals surface area contributed by atoms with Crippen molar-refractivity contribution in [1.29, 1.82) is 0 Å². The second-order valence-electron chi connectivity index (χ2n) is 5.92. The Morgan fingerprint density at radius 3 is 2.61 bits per heavy atom. The summed E-state index contributed by atoms with van der Waals surface area (Å²) < 4.78 is 0. The number of benzene rings is 1. The number of carbonyl (C=O) groups is 2. The van der Waals surface area contributed by atoms with Gasteiger partial charge in [0.25, 0.3) is 0 Å². The van der Waals surface area contributed by atoms with Crippen molar-refractivity contribution >= 4 is 11.9 Å². The second kappa shape index (κ2) is 9.15. The molecular formula is C17H26N4O2. The zero-order valence-corrected chi connectivity index (χ0v) is 13.7. The number of rotatable bonds is 6. The first-order chi connectivity index (χ1) is 11.1. The van der Waals surface area contributed by atoms with Crippen molar-refractivity contribution in [1.82, 2.24) is 20.9 Å². The highest BCUT2D eigenvalue weighted by atomic mass is 16.2. The highest BCUT2D eigenvalue weighted by Crippen LogP contribution is 2.03. The number of amides is 3. The van der Waals surface area contributed by atoms with Crippen LogP contribution in [0.4, 0.5) is 4.79 Å². The number of nitrogens with one attached hydrogen (secondary N) is 3. The highest BCUT2D eigenvalue weighted by molar-refractivity contribution is 5.78. The molecular weight excluding hydrogens is 292 g/mol. The first-order valence-electron chi connectivity index (χ1n) is 8.18. The van der Waals surface area contributed by atoms with Crippen LogP contribution in [0.15, 0.2) is 30.3 Å². The van der Waals surface area contributed by atoms with Gasteiger partial charge in [-0.2, -0.15) is 0 Å². The summed E-state index contributed by atoms with van der Waals surface area (Å²) in [4.78, 5) is 25.5. The molecule has 2 rings (SSSR count). The average Bonchev–Trinajstić information content (AvgIpc) is 2.56. The molecule has 0 radical (unpaired) electrons. The Kier molecular flexibility index (Phi) is 6.87. The van der Waals surface area contributed by atoms with Gasteiger partial charge in [0.05, 0.1) is 0 Å². The highest BCUT2D eigenvalue weighted by Gasteiger charge is 2.15. The molecule has 1 heterocycles. The molecule has 23 heavy (non-hydrogen) atoms. The van der Waals surface area contributed by atoms with E-state index in [4.69, 9.17) is 0 Å². The minimum atomic E-state index is -0.163. The molecule has 0 unspecified atom stereocenters. The SMILES string of the molecule is CN(Cc1ccccc1)C(=O)NCCC(=O)NC1CCNCC1. The lowest BCUT2D eigenvalue weighted by Gasteiger charge is -2.23. The summed E-state index contributed by atoms with van der Waals surface area (Å²) in [5, 5.41) is 9.07. The van der Waals surface area contributed by atoms with Crippen LogP contribution >= 0.6 is 0 Å². The molecule has 3 amide bonds.